The Bertz CT molecular complexity index is 3420. The molecule has 1 unspecified atom stereocenters. The Balaban J connectivity index is 1.13. The highest BCUT2D eigenvalue weighted by Gasteiger charge is 2.50. The van der Waals surface area contributed by atoms with Gasteiger partial charge in [0.25, 0.3) is 0 Å². The van der Waals surface area contributed by atoms with Gasteiger partial charge >= 0.3 is 0 Å². The summed E-state index contributed by atoms with van der Waals surface area (Å²) in [5.41, 5.74) is 19.8. The number of anilines is 3. The molecule has 0 saturated heterocycles. The fourth-order valence-corrected chi connectivity index (χ4v) is 10.7. The highest BCUT2D eigenvalue weighted by atomic mass is 16.5. The van der Waals surface area contributed by atoms with Gasteiger partial charge in [0.15, 0.2) is 0 Å². The van der Waals surface area contributed by atoms with E-state index in [0.717, 1.165) is 50.8 Å². The normalized spacial score (nSPS) is 14.8. The van der Waals surface area contributed by atoms with Crippen molar-refractivity contribution in [3.63, 3.8) is 0 Å². The quantitative estimate of drug-likeness (QED) is 0.177. The third kappa shape index (κ3) is 4.85. The van der Waals surface area contributed by atoms with Crippen LogP contribution in [0.1, 0.15) is 22.3 Å². The maximum atomic E-state index is 6.61. The zero-order valence-corrected chi connectivity index (χ0v) is 33.2. The van der Waals surface area contributed by atoms with Gasteiger partial charge in [-0.05, 0) is 138 Å². The molecule has 0 fully saturated rings. The Morgan fingerprint density at radius 3 is 1.38 bits per heavy atom. The third-order valence-corrected chi connectivity index (χ3v) is 13.3. The molecule has 3 aliphatic rings. The van der Waals surface area contributed by atoms with Gasteiger partial charge in [0, 0.05) is 28.2 Å². The van der Waals surface area contributed by atoms with Gasteiger partial charge in [0.2, 0.25) is 0 Å². The van der Waals surface area contributed by atoms with E-state index in [1.54, 1.807) is 0 Å². The molecule has 0 bridgehead atoms. The van der Waals surface area contributed by atoms with Crippen LogP contribution >= 0.6 is 0 Å². The Labute approximate surface area is 355 Å². The van der Waals surface area contributed by atoms with Crippen LogP contribution in [-0.2, 0) is 5.41 Å². The molecule has 2 heteroatoms. The van der Waals surface area contributed by atoms with Crippen LogP contribution in [0.5, 0.6) is 11.5 Å². The van der Waals surface area contributed by atoms with Crippen LogP contribution < -0.4 is 9.64 Å². The zero-order chi connectivity index (χ0) is 40.1. The second kappa shape index (κ2) is 13.0. The van der Waals surface area contributed by atoms with E-state index in [4.69, 9.17) is 4.74 Å². The molecule has 2 nitrogen and oxygen atoms in total. The number of hydrogen-bond acceptors (Lipinski definition) is 2. The zero-order valence-electron chi connectivity index (χ0n) is 33.2. The van der Waals surface area contributed by atoms with Crippen molar-refractivity contribution in [3.8, 4) is 67.1 Å². The molecular weight excluding hydrogens is 739 g/mol. The highest BCUT2D eigenvalue weighted by Crippen LogP contribution is 2.62. The molecule has 1 spiro atoms. The molecule has 10 aromatic carbocycles. The molecule has 2 aliphatic carbocycles. The minimum atomic E-state index is -0.618. The summed E-state index contributed by atoms with van der Waals surface area (Å²) in [7, 11) is 0. The summed E-state index contributed by atoms with van der Waals surface area (Å²) >= 11 is 0. The molecule has 61 heavy (non-hydrogen) atoms. The Morgan fingerprint density at radius 1 is 0.262 bits per heavy atom. The average Bonchev–Trinajstić information content (AvgIpc) is 3.45. The van der Waals surface area contributed by atoms with Crippen LogP contribution in [-0.4, -0.2) is 0 Å². The molecule has 284 valence electrons. The van der Waals surface area contributed by atoms with Crippen LogP contribution in [0.3, 0.4) is 0 Å². The molecule has 0 radical (unpaired) electrons. The minimum absolute atomic E-state index is 0.618. The first kappa shape index (κ1) is 34.0. The van der Waals surface area contributed by atoms with Crippen molar-refractivity contribution >= 4 is 27.8 Å². The molecule has 0 N–H and O–H groups in total. The maximum absolute atomic E-state index is 6.61. The lowest BCUT2D eigenvalue weighted by Crippen LogP contribution is -2.29. The van der Waals surface area contributed by atoms with E-state index in [-0.39, 0.29) is 0 Å². The molecule has 0 aromatic heterocycles. The van der Waals surface area contributed by atoms with Crippen molar-refractivity contribution in [1.82, 2.24) is 0 Å². The molecule has 10 aromatic rings. The lowest BCUT2D eigenvalue weighted by molar-refractivity contribution is 0.488. The summed E-state index contributed by atoms with van der Waals surface area (Å²) in [6.07, 6.45) is 0. The monoisotopic (exact) mass is 775 g/mol. The second-order valence-electron chi connectivity index (χ2n) is 16.4. The summed E-state index contributed by atoms with van der Waals surface area (Å²) in [5, 5.41) is 2.49. The third-order valence-electron chi connectivity index (χ3n) is 13.3. The predicted molar refractivity (Wildman–Crippen MR) is 251 cm³/mol. The number of fused-ring (bicyclic) bond motifs is 18. The van der Waals surface area contributed by atoms with E-state index in [2.05, 4.69) is 223 Å². The van der Waals surface area contributed by atoms with E-state index >= 15 is 0 Å². The van der Waals surface area contributed by atoms with Crippen molar-refractivity contribution in [2.45, 2.75) is 5.41 Å². The number of ether oxygens (including phenoxy) is 1. The number of hydrogen-bond donors (Lipinski definition) is 0. The van der Waals surface area contributed by atoms with Crippen molar-refractivity contribution in [2.75, 3.05) is 4.90 Å². The molecular formula is C59H37NO. The largest absolute Gasteiger partial charge is 0.456 e. The van der Waals surface area contributed by atoms with Gasteiger partial charge in [0.05, 0.1) is 5.41 Å². The number of rotatable bonds is 3. The standard InChI is InChI=1S/C59H37NO/c1-2-18-40(19-3-1)60(41-30-32-45-49-24-10-14-28-57(49)61-58-29-15-11-25-50(58)51(45)36-41)42-31-33-48-44-21-7-6-20-43(44)46-22-8-12-26-53(46)59(56(48)37-42)54-27-13-9-23-47(54)52-34-38-16-4-5-17-39(38)35-55(52)59/h1-37H. The van der Waals surface area contributed by atoms with E-state index in [9.17, 15) is 0 Å². The van der Waals surface area contributed by atoms with Crippen molar-refractivity contribution in [1.29, 1.82) is 0 Å². The smallest absolute Gasteiger partial charge is 0.135 e. The molecule has 0 saturated carbocycles. The van der Waals surface area contributed by atoms with Crippen LogP contribution in [0.15, 0.2) is 224 Å². The molecule has 1 aliphatic heterocycles. The molecule has 1 heterocycles. The highest BCUT2D eigenvalue weighted by molar-refractivity contribution is 6.02. The van der Waals surface area contributed by atoms with Gasteiger partial charge in [-0.25, -0.2) is 0 Å². The predicted octanol–water partition coefficient (Wildman–Crippen LogP) is 15.8. The first-order chi connectivity index (χ1) is 30.3. The molecule has 1 atom stereocenters. The van der Waals surface area contributed by atoms with Gasteiger partial charge in [-0.3, -0.25) is 0 Å². The van der Waals surface area contributed by atoms with Gasteiger partial charge in [0.1, 0.15) is 11.5 Å². The van der Waals surface area contributed by atoms with Gasteiger partial charge in [-0.2, -0.15) is 0 Å². The summed E-state index contributed by atoms with van der Waals surface area (Å²) in [6.45, 7) is 0. The summed E-state index contributed by atoms with van der Waals surface area (Å²) in [6, 6.07) is 82.7. The van der Waals surface area contributed by atoms with Crippen molar-refractivity contribution in [2.24, 2.45) is 0 Å². The number of para-hydroxylation sites is 3. The fraction of sp³-hybridized carbons (Fsp3) is 0.0169. The molecule has 13 rings (SSSR count). The number of benzene rings is 10. The Morgan fingerprint density at radius 2 is 0.705 bits per heavy atom. The fourth-order valence-electron chi connectivity index (χ4n) is 10.7. The van der Waals surface area contributed by atoms with E-state index in [1.165, 1.54) is 66.4 Å². The van der Waals surface area contributed by atoms with Crippen LogP contribution in [0.4, 0.5) is 17.1 Å². The van der Waals surface area contributed by atoms with Crippen LogP contribution in [0.25, 0.3) is 66.4 Å². The first-order valence-corrected chi connectivity index (χ1v) is 21.1. The minimum Gasteiger partial charge on any atom is -0.456 e. The topological polar surface area (TPSA) is 12.5 Å². The van der Waals surface area contributed by atoms with Gasteiger partial charge < -0.3 is 9.64 Å². The second-order valence-corrected chi connectivity index (χ2v) is 16.4. The van der Waals surface area contributed by atoms with Gasteiger partial charge in [-0.15, -0.1) is 0 Å². The van der Waals surface area contributed by atoms with Crippen molar-refractivity contribution < 1.29 is 4.74 Å². The van der Waals surface area contributed by atoms with E-state index in [0.29, 0.717) is 0 Å². The van der Waals surface area contributed by atoms with Crippen LogP contribution in [0.2, 0.25) is 0 Å². The average molecular weight is 776 g/mol. The van der Waals surface area contributed by atoms with Crippen LogP contribution in [0, 0.1) is 0 Å². The summed E-state index contributed by atoms with van der Waals surface area (Å²) in [4.78, 5) is 2.43. The van der Waals surface area contributed by atoms with Gasteiger partial charge in [-0.1, -0.05) is 164 Å². The first-order valence-electron chi connectivity index (χ1n) is 21.1. The summed E-state index contributed by atoms with van der Waals surface area (Å²) < 4.78 is 6.61. The van der Waals surface area contributed by atoms with E-state index in [1.807, 2.05) is 6.07 Å². The van der Waals surface area contributed by atoms with Crippen molar-refractivity contribution in [3.05, 3.63) is 247 Å². The number of nitrogens with zero attached hydrogens (tertiary/aromatic N) is 1. The van der Waals surface area contributed by atoms with E-state index < -0.39 is 5.41 Å². The Kier molecular flexibility index (Phi) is 7.26. The summed E-state index contributed by atoms with van der Waals surface area (Å²) in [5.74, 6) is 1.72. The lowest BCUT2D eigenvalue weighted by atomic mass is 9.65. The molecule has 0 amide bonds. The lowest BCUT2D eigenvalue weighted by Gasteiger charge is -2.36. The SMILES string of the molecule is c1ccc(N(c2ccc3c(c2)-c2ccccc2Oc2ccccc2-3)c2ccc3c(c2)C2(c4ccccc4-c4ccccc4-3)c3ccccc3-c3cc4ccccc4cc32)cc1. The maximum Gasteiger partial charge on any atom is 0.135 e. The Hall–Kier alpha value is -7.94.